The van der Waals surface area contributed by atoms with Crippen molar-refractivity contribution in [2.24, 2.45) is 0 Å². The zero-order valence-corrected chi connectivity index (χ0v) is 15.2. The first-order chi connectivity index (χ1) is 12.8. The minimum absolute atomic E-state index is 0.0132. The smallest absolute Gasteiger partial charge is 0.191 e. The van der Waals surface area contributed by atoms with E-state index in [1.165, 1.54) is 0 Å². The molecule has 0 aliphatic carbocycles. The van der Waals surface area contributed by atoms with Gasteiger partial charge in [0.15, 0.2) is 5.78 Å². The van der Waals surface area contributed by atoms with Crippen LogP contribution in [-0.4, -0.2) is 12.9 Å². The van der Waals surface area contributed by atoms with Gasteiger partial charge >= 0.3 is 0 Å². The quantitative estimate of drug-likeness (QED) is 0.553. The summed E-state index contributed by atoms with van der Waals surface area (Å²) in [5.74, 6) is 0.908. The summed E-state index contributed by atoms with van der Waals surface area (Å²) in [6, 6.07) is 25.8. The van der Waals surface area contributed by atoms with Crippen LogP contribution in [0.25, 0.3) is 6.08 Å². The van der Waals surface area contributed by atoms with E-state index in [9.17, 15) is 4.79 Å². The molecule has 1 aliphatic heterocycles. The number of benzene rings is 3. The second kappa shape index (κ2) is 7.22. The maximum absolute atomic E-state index is 13.2. The van der Waals surface area contributed by atoms with Gasteiger partial charge in [0.05, 0.1) is 12.4 Å². The standard InChI is InChI=1S/C23H18O2S/c1-25-18-13-11-16(12-14-18)15-20-22(24)19-9-5-6-10-21(19)26-23(20)17-7-3-2-4-8-17/h2-15,23H,1H3/b20-15+. The Hall–Kier alpha value is -2.78. The van der Waals surface area contributed by atoms with Gasteiger partial charge in [-0.25, -0.2) is 0 Å². The van der Waals surface area contributed by atoms with E-state index in [4.69, 9.17) is 4.74 Å². The number of hydrogen-bond donors (Lipinski definition) is 0. The van der Waals surface area contributed by atoms with E-state index in [1.54, 1.807) is 18.9 Å². The largest absolute Gasteiger partial charge is 0.497 e. The number of carbonyl (C=O) groups is 1. The topological polar surface area (TPSA) is 26.3 Å². The molecule has 0 bridgehead atoms. The number of methoxy groups -OCH3 is 1. The number of thioether (sulfide) groups is 1. The molecular formula is C23H18O2S. The zero-order valence-electron chi connectivity index (χ0n) is 14.4. The summed E-state index contributed by atoms with van der Waals surface area (Å²) in [7, 11) is 1.65. The van der Waals surface area contributed by atoms with Crippen LogP contribution in [0.3, 0.4) is 0 Å². The molecule has 3 aromatic rings. The van der Waals surface area contributed by atoms with Crippen molar-refractivity contribution in [3.8, 4) is 5.75 Å². The van der Waals surface area contributed by atoms with Crippen molar-refractivity contribution >= 4 is 23.6 Å². The number of rotatable bonds is 3. The second-order valence-electron chi connectivity index (χ2n) is 6.11. The van der Waals surface area contributed by atoms with Crippen LogP contribution in [0.2, 0.25) is 0 Å². The van der Waals surface area contributed by atoms with E-state index in [0.717, 1.165) is 32.9 Å². The van der Waals surface area contributed by atoms with Gasteiger partial charge in [0.1, 0.15) is 5.75 Å². The number of Topliss-reactive ketones (excluding diaryl/α,β-unsaturated/α-hetero) is 1. The Bertz CT molecular complexity index is 959. The zero-order chi connectivity index (χ0) is 17.9. The molecule has 3 heteroatoms. The lowest BCUT2D eigenvalue weighted by Crippen LogP contribution is -2.16. The third-order valence-electron chi connectivity index (χ3n) is 4.46. The predicted molar refractivity (Wildman–Crippen MR) is 107 cm³/mol. The van der Waals surface area contributed by atoms with Crippen LogP contribution in [0.15, 0.2) is 89.3 Å². The first kappa shape index (κ1) is 16.7. The van der Waals surface area contributed by atoms with Gasteiger partial charge in [0.25, 0.3) is 0 Å². The lowest BCUT2D eigenvalue weighted by Gasteiger charge is -2.26. The van der Waals surface area contributed by atoms with E-state index in [0.29, 0.717) is 0 Å². The number of ether oxygens (including phenoxy) is 1. The van der Waals surface area contributed by atoms with E-state index < -0.39 is 0 Å². The van der Waals surface area contributed by atoms with E-state index >= 15 is 0 Å². The average molecular weight is 358 g/mol. The summed E-state index contributed by atoms with van der Waals surface area (Å²) in [5.41, 5.74) is 3.73. The van der Waals surface area contributed by atoms with Gasteiger partial charge < -0.3 is 4.74 Å². The average Bonchev–Trinajstić information content (AvgIpc) is 2.71. The third-order valence-corrected chi connectivity index (χ3v) is 5.83. The second-order valence-corrected chi connectivity index (χ2v) is 7.25. The summed E-state index contributed by atoms with van der Waals surface area (Å²) in [4.78, 5) is 14.3. The van der Waals surface area contributed by atoms with Crippen molar-refractivity contribution in [1.29, 1.82) is 0 Å². The fraction of sp³-hybridized carbons (Fsp3) is 0.0870. The lowest BCUT2D eigenvalue weighted by molar-refractivity contribution is 0.102. The SMILES string of the molecule is COc1ccc(/C=C2\C(=O)c3ccccc3SC2c2ccccc2)cc1. The Morgan fingerprint density at radius 3 is 2.31 bits per heavy atom. The Labute approximate surface area is 157 Å². The molecule has 3 aromatic carbocycles. The number of carbonyl (C=O) groups excluding carboxylic acids is 1. The molecular weight excluding hydrogens is 340 g/mol. The summed E-state index contributed by atoms with van der Waals surface area (Å²) >= 11 is 1.74. The molecule has 2 nitrogen and oxygen atoms in total. The van der Waals surface area contributed by atoms with Crippen LogP contribution in [0, 0.1) is 0 Å². The maximum atomic E-state index is 13.2. The highest BCUT2D eigenvalue weighted by Crippen LogP contribution is 2.48. The van der Waals surface area contributed by atoms with Crippen LogP contribution in [0.1, 0.15) is 26.7 Å². The molecule has 1 aliphatic rings. The Kier molecular flexibility index (Phi) is 4.63. The molecule has 0 spiro atoms. The fourth-order valence-corrected chi connectivity index (χ4v) is 4.41. The minimum Gasteiger partial charge on any atom is -0.497 e. The van der Waals surface area contributed by atoms with Crippen LogP contribution < -0.4 is 4.74 Å². The lowest BCUT2D eigenvalue weighted by atomic mass is 9.94. The molecule has 1 unspecified atom stereocenters. The molecule has 0 saturated carbocycles. The van der Waals surface area contributed by atoms with Gasteiger partial charge in [-0.15, -0.1) is 11.8 Å². The summed E-state index contributed by atoms with van der Waals surface area (Å²) in [6.45, 7) is 0. The van der Waals surface area contributed by atoms with Crippen molar-refractivity contribution < 1.29 is 9.53 Å². The van der Waals surface area contributed by atoms with Gasteiger partial charge in [-0.1, -0.05) is 54.6 Å². The number of ketones is 1. The third kappa shape index (κ3) is 3.18. The highest BCUT2D eigenvalue weighted by atomic mass is 32.2. The monoisotopic (exact) mass is 358 g/mol. The first-order valence-electron chi connectivity index (χ1n) is 8.47. The van der Waals surface area contributed by atoms with Gasteiger partial charge in [-0.3, -0.25) is 4.79 Å². The molecule has 0 fully saturated rings. The molecule has 0 radical (unpaired) electrons. The number of hydrogen-bond acceptors (Lipinski definition) is 3. The minimum atomic E-state index is -0.0132. The van der Waals surface area contributed by atoms with Crippen LogP contribution in [0.4, 0.5) is 0 Å². The van der Waals surface area contributed by atoms with Crippen molar-refractivity contribution in [3.63, 3.8) is 0 Å². The van der Waals surface area contributed by atoms with Gasteiger partial charge in [0, 0.05) is 16.0 Å². The molecule has 128 valence electrons. The molecule has 26 heavy (non-hydrogen) atoms. The van der Waals surface area contributed by atoms with Crippen LogP contribution in [0.5, 0.6) is 5.75 Å². The Morgan fingerprint density at radius 1 is 0.885 bits per heavy atom. The molecule has 1 atom stereocenters. The van der Waals surface area contributed by atoms with Gasteiger partial charge in [0.2, 0.25) is 0 Å². The van der Waals surface area contributed by atoms with E-state index in [2.05, 4.69) is 12.1 Å². The molecule has 4 rings (SSSR count). The summed E-state index contributed by atoms with van der Waals surface area (Å²) in [5, 5.41) is -0.0132. The van der Waals surface area contributed by atoms with Gasteiger partial charge in [-0.2, -0.15) is 0 Å². The van der Waals surface area contributed by atoms with Gasteiger partial charge in [-0.05, 0) is 41.5 Å². The van der Waals surface area contributed by atoms with E-state index in [-0.39, 0.29) is 11.0 Å². The highest BCUT2D eigenvalue weighted by Gasteiger charge is 2.31. The first-order valence-corrected chi connectivity index (χ1v) is 9.35. The molecule has 0 saturated heterocycles. The molecule has 0 amide bonds. The van der Waals surface area contributed by atoms with Crippen LogP contribution >= 0.6 is 11.8 Å². The maximum Gasteiger partial charge on any atom is 0.191 e. The highest BCUT2D eigenvalue weighted by molar-refractivity contribution is 8.00. The normalized spacial score (nSPS) is 17.8. The Morgan fingerprint density at radius 2 is 1.58 bits per heavy atom. The van der Waals surface area contributed by atoms with Crippen molar-refractivity contribution in [1.82, 2.24) is 0 Å². The molecule has 1 heterocycles. The molecule has 0 aromatic heterocycles. The van der Waals surface area contributed by atoms with Crippen LogP contribution in [-0.2, 0) is 0 Å². The summed E-state index contributed by atoms with van der Waals surface area (Å²) < 4.78 is 5.23. The fourth-order valence-electron chi connectivity index (χ4n) is 3.12. The molecule has 0 N–H and O–H groups in total. The number of fused-ring (bicyclic) bond motifs is 1. The van der Waals surface area contributed by atoms with E-state index in [1.807, 2.05) is 72.8 Å². The Balaban J connectivity index is 1.82. The van der Waals surface area contributed by atoms with Crippen molar-refractivity contribution in [2.45, 2.75) is 10.1 Å². The predicted octanol–water partition coefficient (Wildman–Crippen LogP) is 5.81. The van der Waals surface area contributed by atoms with Crippen molar-refractivity contribution in [2.75, 3.05) is 7.11 Å². The summed E-state index contributed by atoms with van der Waals surface area (Å²) in [6.07, 6.45) is 2.00. The van der Waals surface area contributed by atoms with Crippen molar-refractivity contribution in [3.05, 3.63) is 101 Å².